The fourth-order valence-corrected chi connectivity index (χ4v) is 0.928. The van der Waals surface area contributed by atoms with E-state index in [4.69, 9.17) is 12.6 Å². The van der Waals surface area contributed by atoms with Crippen LogP contribution in [0.25, 0.3) is 0 Å². The lowest BCUT2D eigenvalue weighted by molar-refractivity contribution is 0.415. The highest BCUT2D eigenvalue weighted by molar-refractivity contribution is 6.08. The predicted molar refractivity (Wildman–Crippen MR) is 47.9 cm³/mol. The van der Waals surface area contributed by atoms with E-state index in [-0.39, 0.29) is 0 Å². The van der Waals surface area contributed by atoms with E-state index in [1.807, 2.05) is 0 Å². The first-order chi connectivity index (χ1) is 5.81. The number of nitroso groups, excluding NO2 is 1. The standard InChI is InChI=1S/C8H8BNO2/c1-12-7-3-2-6(5-9)8(4-7)10-11/h2-4H,5H2,1H3. The number of rotatable bonds is 3. The minimum Gasteiger partial charge on any atom is -0.497 e. The van der Waals surface area contributed by atoms with Crippen molar-refractivity contribution >= 4 is 13.5 Å². The van der Waals surface area contributed by atoms with E-state index in [9.17, 15) is 4.91 Å². The Morgan fingerprint density at radius 3 is 2.83 bits per heavy atom. The van der Waals surface area contributed by atoms with Gasteiger partial charge < -0.3 is 4.74 Å². The summed E-state index contributed by atoms with van der Waals surface area (Å²) in [6.45, 7) is 0. The second kappa shape index (κ2) is 3.90. The summed E-state index contributed by atoms with van der Waals surface area (Å²) in [5.41, 5.74) is 1.07. The van der Waals surface area contributed by atoms with Crippen molar-refractivity contribution in [2.75, 3.05) is 7.11 Å². The summed E-state index contributed by atoms with van der Waals surface area (Å²) >= 11 is 0. The first kappa shape index (κ1) is 8.78. The van der Waals surface area contributed by atoms with Crippen LogP contribution in [0.2, 0.25) is 0 Å². The summed E-state index contributed by atoms with van der Waals surface area (Å²) in [5.74, 6) is 0.613. The molecule has 0 fully saturated rings. The van der Waals surface area contributed by atoms with Crippen LogP contribution in [0.3, 0.4) is 0 Å². The predicted octanol–water partition coefficient (Wildman–Crippen LogP) is 1.76. The van der Waals surface area contributed by atoms with Crippen molar-refractivity contribution in [1.29, 1.82) is 0 Å². The highest BCUT2D eigenvalue weighted by atomic mass is 16.5. The average molecular weight is 161 g/mol. The van der Waals surface area contributed by atoms with E-state index in [0.29, 0.717) is 17.8 Å². The van der Waals surface area contributed by atoms with Gasteiger partial charge in [-0.1, -0.05) is 12.4 Å². The van der Waals surface area contributed by atoms with Crippen LogP contribution in [0.5, 0.6) is 5.75 Å². The van der Waals surface area contributed by atoms with Crippen molar-refractivity contribution in [1.82, 2.24) is 0 Å². The van der Waals surface area contributed by atoms with Crippen LogP contribution in [0.4, 0.5) is 5.69 Å². The molecular weight excluding hydrogens is 153 g/mol. The summed E-state index contributed by atoms with van der Waals surface area (Å²) in [6.07, 6.45) is 0.311. The van der Waals surface area contributed by atoms with Crippen molar-refractivity contribution < 1.29 is 4.74 Å². The molecule has 1 aromatic rings. The van der Waals surface area contributed by atoms with Crippen molar-refractivity contribution in [2.24, 2.45) is 5.18 Å². The molecule has 0 saturated heterocycles. The number of methoxy groups -OCH3 is 1. The van der Waals surface area contributed by atoms with Gasteiger partial charge in [-0.05, 0) is 16.8 Å². The number of benzene rings is 1. The lowest BCUT2D eigenvalue weighted by atomic mass is 9.95. The molecule has 12 heavy (non-hydrogen) atoms. The molecule has 0 atom stereocenters. The maximum absolute atomic E-state index is 10.3. The molecule has 2 radical (unpaired) electrons. The van der Waals surface area contributed by atoms with E-state index < -0.39 is 0 Å². The Balaban J connectivity index is 3.10. The zero-order valence-corrected chi connectivity index (χ0v) is 6.78. The SMILES string of the molecule is [B]Cc1ccc(OC)cc1N=O. The molecule has 0 amide bonds. The fraction of sp³-hybridized carbons (Fsp3) is 0.250. The Labute approximate surface area is 72.1 Å². The second-order valence-corrected chi connectivity index (χ2v) is 2.29. The van der Waals surface area contributed by atoms with E-state index in [1.54, 1.807) is 18.2 Å². The number of hydrogen-bond donors (Lipinski definition) is 0. The maximum atomic E-state index is 10.3. The van der Waals surface area contributed by atoms with Gasteiger partial charge in [-0.15, -0.1) is 4.91 Å². The number of nitrogens with zero attached hydrogens (tertiary/aromatic N) is 1. The van der Waals surface area contributed by atoms with Crippen LogP contribution in [0, 0.1) is 4.91 Å². The molecule has 1 aromatic carbocycles. The van der Waals surface area contributed by atoms with Crippen molar-refractivity contribution in [3.05, 3.63) is 28.7 Å². The summed E-state index contributed by atoms with van der Waals surface area (Å²) in [6, 6.07) is 5.04. The van der Waals surface area contributed by atoms with Crippen molar-refractivity contribution in [3.8, 4) is 5.75 Å². The van der Waals surface area contributed by atoms with Crippen LogP contribution >= 0.6 is 0 Å². The Kier molecular flexibility index (Phi) is 2.85. The van der Waals surface area contributed by atoms with Gasteiger partial charge in [0, 0.05) is 6.07 Å². The Bertz CT molecular complexity index is 288. The first-order valence-electron chi connectivity index (χ1n) is 3.52. The van der Waals surface area contributed by atoms with Gasteiger partial charge in [0.15, 0.2) is 0 Å². The summed E-state index contributed by atoms with van der Waals surface area (Å²) in [7, 11) is 6.91. The maximum Gasteiger partial charge on any atom is 0.121 e. The first-order valence-corrected chi connectivity index (χ1v) is 3.52. The summed E-state index contributed by atoms with van der Waals surface area (Å²) in [5, 5.41) is 2.84. The molecule has 0 aliphatic rings. The molecule has 60 valence electrons. The Hall–Kier alpha value is -1.32. The van der Waals surface area contributed by atoms with Crippen LogP contribution < -0.4 is 4.74 Å². The van der Waals surface area contributed by atoms with Gasteiger partial charge in [-0.25, -0.2) is 0 Å². The van der Waals surface area contributed by atoms with Gasteiger partial charge in [0.25, 0.3) is 0 Å². The number of hydrogen-bond acceptors (Lipinski definition) is 3. The van der Waals surface area contributed by atoms with E-state index in [2.05, 4.69) is 5.18 Å². The van der Waals surface area contributed by atoms with Crippen LogP contribution in [0.1, 0.15) is 5.56 Å². The van der Waals surface area contributed by atoms with Gasteiger partial charge in [-0.2, -0.15) is 0 Å². The lowest BCUT2D eigenvalue weighted by Crippen LogP contribution is -1.87. The summed E-state index contributed by atoms with van der Waals surface area (Å²) in [4.78, 5) is 10.3. The largest absolute Gasteiger partial charge is 0.497 e. The molecule has 0 aromatic heterocycles. The van der Waals surface area contributed by atoms with Gasteiger partial charge in [-0.3, -0.25) is 0 Å². The lowest BCUT2D eigenvalue weighted by Gasteiger charge is -2.02. The molecule has 0 spiro atoms. The highest BCUT2D eigenvalue weighted by Crippen LogP contribution is 2.24. The minimum absolute atomic E-state index is 0.311. The normalized spacial score (nSPS) is 9.42. The molecule has 0 N–H and O–H groups in total. The third-order valence-electron chi connectivity index (χ3n) is 1.61. The molecule has 0 aliphatic carbocycles. The Morgan fingerprint density at radius 2 is 2.33 bits per heavy atom. The van der Waals surface area contributed by atoms with Gasteiger partial charge >= 0.3 is 0 Å². The molecule has 4 heteroatoms. The molecule has 0 saturated carbocycles. The molecular formula is C8H8BNO2. The third kappa shape index (κ3) is 1.64. The molecule has 0 aliphatic heterocycles. The zero-order valence-electron chi connectivity index (χ0n) is 6.78. The van der Waals surface area contributed by atoms with Crippen molar-refractivity contribution in [2.45, 2.75) is 6.32 Å². The molecule has 0 unspecified atom stereocenters. The van der Waals surface area contributed by atoms with Crippen LogP contribution in [-0.4, -0.2) is 15.0 Å². The third-order valence-corrected chi connectivity index (χ3v) is 1.61. The monoisotopic (exact) mass is 161 g/mol. The van der Waals surface area contributed by atoms with Gasteiger partial charge in [0.05, 0.1) is 15.0 Å². The Morgan fingerprint density at radius 1 is 1.58 bits per heavy atom. The van der Waals surface area contributed by atoms with E-state index >= 15 is 0 Å². The summed E-state index contributed by atoms with van der Waals surface area (Å²) < 4.78 is 4.92. The van der Waals surface area contributed by atoms with Gasteiger partial charge in [0.1, 0.15) is 11.4 Å². The molecule has 0 heterocycles. The zero-order chi connectivity index (χ0) is 8.97. The smallest absolute Gasteiger partial charge is 0.121 e. The highest BCUT2D eigenvalue weighted by Gasteiger charge is 2.01. The fourth-order valence-electron chi connectivity index (χ4n) is 0.928. The van der Waals surface area contributed by atoms with E-state index in [1.165, 1.54) is 7.11 Å². The molecule has 3 nitrogen and oxygen atoms in total. The van der Waals surface area contributed by atoms with Crippen molar-refractivity contribution in [3.63, 3.8) is 0 Å². The average Bonchev–Trinajstić information content (AvgIpc) is 2.16. The minimum atomic E-state index is 0.311. The quantitative estimate of drug-likeness (QED) is 0.500. The van der Waals surface area contributed by atoms with Crippen LogP contribution in [-0.2, 0) is 6.32 Å². The van der Waals surface area contributed by atoms with Gasteiger partial charge in [0.2, 0.25) is 0 Å². The van der Waals surface area contributed by atoms with E-state index in [0.717, 1.165) is 5.56 Å². The number of ether oxygens (including phenoxy) is 1. The topological polar surface area (TPSA) is 38.7 Å². The molecule has 0 bridgehead atoms. The molecule has 1 rings (SSSR count). The second-order valence-electron chi connectivity index (χ2n) is 2.29. The van der Waals surface area contributed by atoms with Crippen LogP contribution in [0.15, 0.2) is 23.4 Å².